The summed E-state index contributed by atoms with van der Waals surface area (Å²) in [5.41, 5.74) is 11.3. The summed E-state index contributed by atoms with van der Waals surface area (Å²) >= 11 is 12.5. The molecule has 1 aromatic heterocycles. The molecule has 1 amide bonds. The predicted octanol–water partition coefficient (Wildman–Crippen LogP) is 7.03. The molecule has 2 heterocycles. The van der Waals surface area contributed by atoms with Crippen LogP contribution in [-0.4, -0.2) is 43.2 Å². The van der Waals surface area contributed by atoms with Crippen LogP contribution in [0.4, 0.5) is 0 Å². The number of amides is 1. The van der Waals surface area contributed by atoms with E-state index in [0.29, 0.717) is 33.6 Å². The van der Waals surface area contributed by atoms with Gasteiger partial charge in [0.2, 0.25) is 5.91 Å². The molecular weight excluding hydrogens is 599 g/mol. The highest BCUT2D eigenvalue weighted by atomic mass is 35.5. The van der Waals surface area contributed by atoms with Crippen LogP contribution in [0.1, 0.15) is 57.4 Å². The molecule has 43 heavy (non-hydrogen) atoms. The van der Waals surface area contributed by atoms with E-state index in [9.17, 15) is 9.00 Å². The first-order valence-electron chi connectivity index (χ1n) is 14.1. The van der Waals surface area contributed by atoms with Crippen molar-refractivity contribution < 1.29 is 9.00 Å². The Morgan fingerprint density at radius 3 is 2.07 bits per heavy atom. The van der Waals surface area contributed by atoms with Crippen LogP contribution in [0.15, 0.2) is 95.9 Å². The number of piperidine rings is 1. The highest BCUT2D eigenvalue weighted by Gasteiger charge is 2.30. The van der Waals surface area contributed by atoms with Gasteiger partial charge in [0, 0.05) is 57.9 Å². The molecule has 1 fully saturated rings. The smallest absolute Gasteiger partial charge is 0.248 e. The minimum absolute atomic E-state index is 0.0131. The maximum atomic E-state index is 13.8. The van der Waals surface area contributed by atoms with Crippen molar-refractivity contribution in [3.05, 3.63) is 129 Å². The third-order valence-corrected chi connectivity index (χ3v) is 11.1. The monoisotopic (exact) mass is 630 g/mol. The third kappa shape index (κ3) is 5.83. The summed E-state index contributed by atoms with van der Waals surface area (Å²) < 4.78 is 17.7. The van der Waals surface area contributed by atoms with Gasteiger partial charge in [-0.3, -0.25) is 9.48 Å². The molecule has 9 heteroatoms. The zero-order chi connectivity index (χ0) is 30.3. The SMILES string of the molecule is C=S(=O)(c1cccc(C(N)=O)c1)N1CCC(c2nn(C)c3ccc(C(c4ccc(Cl)cc4)c4ccc(Cl)cc4)cc23)CC1. The van der Waals surface area contributed by atoms with Crippen molar-refractivity contribution in [3.63, 3.8) is 0 Å². The number of hydrogen-bond donors (Lipinski definition) is 1. The predicted molar refractivity (Wildman–Crippen MR) is 177 cm³/mol. The summed E-state index contributed by atoms with van der Waals surface area (Å²) in [6, 6.07) is 29.2. The fourth-order valence-corrected chi connectivity index (χ4v) is 8.05. The number of primary amides is 1. The van der Waals surface area contributed by atoms with Gasteiger partial charge >= 0.3 is 0 Å². The lowest BCUT2D eigenvalue weighted by Crippen LogP contribution is -2.38. The fraction of sp³-hybridized carbons (Fsp3) is 0.206. The number of nitrogens with zero attached hydrogens (tertiary/aromatic N) is 3. The summed E-state index contributed by atoms with van der Waals surface area (Å²) in [5.74, 6) is 3.72. The molecule has 0 saturated carbocycles. The molecule has 0 radical (unpaired) electrons. The van der Waals surface area contributed by atoms with Gasteiger partial charge in [-0.2, -0.15) is 5.10 Å². The first-order chi connectivity index (χ1) is 20.6. The maximum absolute atomic E-state index is 13.8. The Balaban J connectivity index is 1.31. The molecule has 6 nitrogen and oxygen atoms in total. The number of halogens is 2. The number of fused-ring (bicyclic) bond motifs is 1. The number of nitrogens with two attached hydrogens (primary N) is 1. The van der Waals surface area contributed by atoms with Gasteiger partial charge in [-0.25, -0.2) is 8.51 Å². The van der Waals surface area contributed by atoms with E-state index < -0.39 is 15.6 Å². The van der Waals surface area contributed by atoms with E-state index in [2.05, 4.69) is 48.3 Å². The van der Waals surface area contributed by atoms with Gasteiger partial charge in [0.25, 0.3) is 0 Å². The van der Waals surface area contributed by atoms with Crippen molar-refractivity contribution in [1.82, 2.24) is 14.1 Å². The molecule has 220 valence electrons. The van der Waals surface area contributed by atoms with Gasteiger partial charge in [0.1, 0.15) is 0 Å². The topological polar surface area (TPSA) is 81.2 Å². The van der Waals surface area contributed by atoms with E-state index in [-0.39, 0.29) is 11.8 Å². The molecule has 0 spiro atoms. The second-order valence-electron chi connectivity index (χ2n) is 11.1. The normalized spacial score (nSPS) is 16.0. The Kier molecular flexibility index (Phi) is 8.09. The summed E-state index contributed by atoms with van der Waals surface area (Å²) in [4.78, 5) is 12.2. The fourth-order valence-electron chi connectivity index (χ4n) is 6.10. The van der Waals surface area contributed by atoms with Crippen molar-refractivity contribution >= 4 is 55.6 Å². The first-order valence-corrected chi connectivity index (χ1v) is 16.6. The second-order valence-corrected chi connectivity index (χ2v) is 14.2. The van der Waals surface area contributed by atoms with Crippen molar-refractivity contribution in [1.29, 1.82) is 0 Å². The average molecular weight is 632 g/mol. The zero-order valence-electron chi connectivity index (χ0n) is 23.8. The van der Waals surface area contributed by atoms with Crippen LogP contribution in [0, 0.1) is 0 Å². The van der Waals surface area contributed by atoms with E-state index in [1.54, 1.807) is 24.3 Å². The van der Waals surface area contributed by atoms with Gasteiger partial charge in [-0.1, -0.05) is 59.6 Å². The number of carbonyl (C=O) groups excluding carboxylic acids is 1. The minimum atomic E-state index is -2.77. The van der Waals surface area contributed by atoms with E-state index >= 15 is 0 Å². The number of aryl methyl sites for hydroxylation is 1. The Morgan fingerprint density at radius 2 is 1.49 bits per heavy atom. The second kappa shape index (κ2) is 11.8. The van der Waals surface area contributed by atoms with Gasteiger partial charge in [-0.15, -0.1) is 0 Å². The Labute approximate surface area is 262 Å². The quantitative estimate of drug-likeness (QED) is 0.155. The van der Waals surface area contributed by atoms with Gasteiger partial charge < -0.3 is 5.73 Å². The van der Waals surface area contributed by atoms with Crippen LogP contribution in [0.25, 0.3) is 10.9 Å². The number of carbonyl (C=O) groups is 1. The number of rotatable bonds is 7. The Bertz CT molecular complexity index is 1870. The summed E-state index contributed by atoms with van der Waals surface area (Å²) in [7, 11) is -0.788. The number of aromatic nitrogens is 2. The Morgan fingerprint density at radius 1 is 0.907 bits per heavy atom. The average Bonchev–Trinajstić information content (AvgIpc) is 3.35. The summed E-state index contributed by atoms with van der Waals surface area (Å²) in [6.07, 6.45) is 1.58. The molecule has 1 unspecified atom stereocenters. The van der Waals surface area contributed by atoms with Crippen molar-refractivity contribution in [2.45, 2.75) is 29.6 Å². The van der Waals surface area contributed by atoms with E-state index in [1.807, 2.05) is 40.3 Å². The van der Waals surface area contributed by atoms with E-state index in [4.69, 9.17) is 34.0 Å². The highest BCUT2D eigenvalue weighted by molar-refractivity contribution is 7.98. The molecule has 1 atom stereocenters. The molecule has 1 aliphatic heterocycles. The van der Waals surface area contributed by atoms with Crippen molar-refractivity contribution in [2.24, 2.45) is 12.8 Å². The molecule has 1 aliphatic rings. The van der Waals surface area contributed by atoms with Crippen molar-refractivity contribution in [3.8, 4) is 0 Å². The van der Waals surface area contributed by atoms with Gasteiger partial charge in [-0.05, 0) is 90.0 Å². The van der Waals surface area contributed by atoms with E-state index in [1.165, 1.54) is 0 Å². The molecule has 4 aromatic carbocycles. The lowest BCUT2D eigenvalue weighted by atomic mass is 9.84. The van der Waals surface area contributed by atoms with Crippen LogP contribution >= 0.6 is 23.2 Å². The molecule has 2 N–H and O–H groups in total. The van der Waals surface area contributed by atoms with Gasteiger partial charge in [0.05, 0.1) is 20.9 Å². The van der Waals surface area contributed by atoms with Crippen LogP contribution in [-0.2, 0) is 16.8 Å². The maximum Gasteiger partial charge on any atom is 0.248 e. The standard InChI is InChI=1S/C34H32Cl2N4O2S/c1-39-31-15-10-25(32(22-6-11-27(35)12-7-22)23-8-13-28(36)14-9-23)21-30(31)33(38-39)24-16-18-40(19-17-24)43(2,42)29-5-3-4-26(20-29)34(37)41/h3-15,20-21,24,32H,2,16-19H2,1H3,(H2,37,41). The molecule has 0 aliphatic carbocycles. The number of hydrogen-bond acceptors (Lipinski definition) is 3. The van der Waals surface area contributed by atoms with E-state index in [0.717, 1.165) is 46.1 Å². The largest absolute Gasteiger partial charge is 0.366 e. The van der Waals surface area contributed by atoms with Gasteiger partial charge in [0.15, 0.2) is 0 Å². The summed E-state index contributed by atoms with van der Waals surface area (Å²) in [5, 5.41) is 7.50. The molecule has 6 rings (SSSR count). The van der Waals surface area contributed by atoms with Crippen LogP contribution in [0.5, 0.6) is 0 Å². The van der Waals surface area contributed by atoms with Crippen molar-refractivity contribution in [2.75, 3.05) is 13.1 Å². The van der Waals surface area contributed by atoms with Crippen LogP contribution in [0.2, 0.25) is 10.0 Å². The highest BCUT2D eigenvalue weighted by Crippen LogP contribution is 2.38. The minimum Gasteiger partial charge on any atom is -0.366 e. The van der Waals surface area contributed by atoms with Crippen LogP contribution in [0.3, 0.4) is 0 Å². The molecular formula is C34H32Cl2N4O2S. The lowest BCUT2D eigenvalue weighted by molar-refractivity contribution is 0.1000. The number of benzene rings is 4. The third-order valence-electron chi connectivity index (χ3n) is 8.39. The molecule has 1 saturated heterocycles. The Hall–Kier alpha value is -3.62. The summed E-state index contributed by atoms with van der Waals surface area (Å²) in [6.45, 7) is 1.20. The molecule has 0 bridgehead atoms. The first kappa shape index (κ1) is 29.5. The lowest BCUT2D eigenvalue weighted by Gasteiger charge is -2.33. The van der Waals surface area contributed by atoms with Crippen LogP contribution < -0.4 is 5.73 Å². The zero-order valence-corrected chi connectivity index (χ0v) is 26.1. The molecule has 5 aromatic rings.